The molecule has 0 radical (unpaired) electrons. The van der Waals surface area contributed by atoms with Crippen LogP contribution in [0.25, 0.3) is 11.0 Å². The zero-order valence-corrected chi connectivity index (χ0v) is 24.5. The number of methoxy groups -OCH3 is 2. The molecule has 2 aromatic carbocycles. The summed E-state index contributed by atoms with van der Waals surface area (Å²) >= 11 is 0. The minimum atomic E-state index is -0.0887. The fraction of sp³-hybridized carbons (Fsp3) is 0.576. The number of aryl methyl sites for hydroxylation is 2. The highest BCUT2D eigenvalue weighted by molar-refractivity contribution is 5.94. The van der Waals surface area contributed by atoms with Crippen molar-refractivity contribution in [1.29, 1.82) is 0 Å². The third kappa shape index (κ3) is 9.90. The molecule has 39 heavy (non-hydrogen) atoms. The molecule has 0 bridgehead atoms. The van der Waals surface area contributed by atoms with Crippen LogP contribution in [0.3, 0.4) is 0 Å². The number of nitrogens with zero attached hydrogens (tertiary/aromatic N) is 2. The highest BCUT2D eigenvalue weighted by Crippen LogP contribution is 2.27. The number of amides is 1. The number of carbonyl (C=O) groups is 1. The lowest BCUT2D eigenvalue weighted by atomic mass is 10.1. The topological polar surface area (TPSA) is 65.4 Å². The SMILES string of the molecule is CCCCCCCCCCCCn1c(CCCCCNC(=O)c2ccc(OC)c(OC)c2)nc2ccccc21. The Balaban J connectivity index is 1.38. The summed E-state index contributed by atoms with van der Waals surface area (Å²) in [6, 6.07) is 13.7. The van der Waals surface area contributed by atoms with Crippen LogP contribution in [0, 0.1) is 0 Å². The van der Waals surface area contributed by atoms with Crippen molar-refractivity contribution >= 4 is 16.9 Å². The number of para-hydroxylation sites is 2. The molecule has 6 heteroatoms. The first-order chi connectivity index (χ1) is 19.2. The van der Waals surface area contributed by atoms with Crippen LogP contribution in [0.5, 0.6) is 11.5 Å². The van der Waals surface area contributed by atoms with Crippen molar-refractivity contribution in [3.63, 3.8) is 0 Å². The molecular formula is C33H49N3O3. The minimum absolute atomic E-state index is 0.0887. The summed E-state index contributed by atoms with van der Waals surface area (Å²) < 4.78 is 13.0. The molecule has 1 heterocycles. The van der Waals surface area contributed by atoms with Gasteiger partial charge in [-0.05, 0) is 49.6 Å². The summed E-state index contributed by atoms with van der Waals surface area (Å²) in [6.07, 6.45) is 17.5. The van der Waals surface area contributed by atoms with Crippen LogP contribution in [0.2, 0.25) is 0 Å². The predicted octanol–water partition coefficient (Wildman–Crippen LogP) is 8.12. The number of rotatable bonds is 20. The van der Waals surface area contributed by atoms with E-state index in [-0.39, 0.29) is 5.91 Å². The molecule has 0 saturated carbocycles. The van der Waals surface area contributed by atoms with Crippen molar-refractivity contribution in [1.82, 2.24) is 14.9 Å². The Hall–Kier alpha value is -3.02. The lowest BCUT2D eigenvalue weighted by Crippen LogP contribution is -2.24. The molecular weight excluding hydrogens is 486 g/mol. The molecule has 214 valence electrons. The van der Waals surface area contributed by atoms with E-state index in [0.717, 1.165) is 37.7 Å². The molecule has 0 fully saturated rings. The molecule has 0 aliphatic carbocycles. The molecule has 0 aliphatic rings. The zero-order chi connectivity index (χ0) is 27.7. The fourth-order valence-corrected chi connectivity index (χ4v) is 5.19. The normalized spacial score (nSPS) is 11.2. The first kappa shape index (κ1) is 30.5. The number of unbranched alkanes of at least 4 members (excludes halogenated alkanes) is 11. The highest BCUT2D eigenvalue weighted by Gasteiger charge is 2.12. The zero-order valence-electron chi connectivity index (χ0n) is 24.5. The van der Waals surface area contributed by atoms with Crippen molar-refractivity contribution < 1.29 is 14.3 Å². The molecule has 0 unspecified atom stereocenters. The van der Waals surface area contributed by atoms with Crippen LogP contribution < -0.4 is 14.8 Å². The molecule has 0 atom stereocenters. The van der Waals surface area contributed by atoms with E-state index in [1.165, 1.54) is 75.5 Å². The summed E-state index contributed by atoms with van der Waals surface area (Å²) in [4.78, 5) is 17.5. The van der Waals surface area contributed by atoms with Gasteiger partial charge in [-0.25, -0.2) is 4.98 Å². The first-order valence-corrected chi connectivity index (χ1v) is 15.1. The van der Waals surface area contributed by atoms with E-state index >= 15 is 0 Å². The molecule has 0 spiro atoms. The van der Waals surface area contributed by atoms with E-state index in [1.807, 2.05) is 0 Å². The van der Waals surface area contributed by atoms with Crippen LogP contribution in [0.4, 0.5) is 0 Å². The number of hydrogen-bond acceptors (Lipinski definition) is 4. The Morgan fingerprint density at radius 3 is 2.18 bits per heavy atom. The quantitative estimate of drug-likeness (QED) is 0.148. The third-order valence-electron chi connectivity index (χ3n) is 7.48. The number of benzene rings is 2. The predicted molar refractivity (Wildman–Crippen MR) is 161 cm³/mol. The van der Waals surface area contributed by atoms with Crippen LogP contribution in [0.15, 0.2) is 42.5 Å². The van der Waals surface area contributed by atoms with Crippen molar-refractivity contribution in [2.75, 3.05) is 20.8 Å². The van der Waals surface area contributed by atoms with Gasteiger partial charge in [0.25, 0.3) is 5.91 Å². The van der Waals surface area contributed by atoms with E-state index in [0.29, 0.717) is 23.6 Å². The van der Waals surface area contributed by atoms with Crippen LogP contribution in [0.1, 0.15) is 107 Å². The molecule has 1 aromatic heterocycles. The van der Waals surface area contributed by atoms with Gasteiger partial charge in [-0.2, -0.15) is 0 Å². The first-order valence-electron chi connectivity index (χ1n) is 15.1. The number of fused-ring (bicyclic) bond motifs is 1. The van der Waals surface area contributed by atoms with Crippen LogP contribution in [-0.2, 0) is 13.0 Å². The molecule has 1 amide bonds. The maximum atomic E-state index is 12.5. The maximum absolute atomic E-state index is 12.5. The summed E-state index contributed by atoms with van der Waals surface area (Å²) in [5, 5.41) is 3.02. The molecule has 3 rings (SSSR count). The maximum Gasteiger partial charge on any atom is 0.251 e. The number of hydrogen-bond donors (Lipinski definition) is 1. The summed E-state index contributed by atoms with van der Waals surface area (Å²) in [6.45, 7) is 3.98. The lowest BCUT2D eigenvalue weighted by Gasteiger charge is -2.11. The Bertz CT molecular complexity index is 1120. The lowest BCUT2D eigenvalue weighted by molar-refractivity contribution is 0.0952. The Labute approximate surface area is 235 Å². The summed E-state index contributed by atoms with van der Waals surface area (Å²) in [5.74, 6) is 2.29. The monoisotopic (exact) mass is 535 g/mol. The van der Waals surface area contributed by atoms with E-state index in [2.05, 4.69) is 41.1 Å². The van der Waals surface area contributed by atoms with Crippen molar-refractivity contribution in [3.8, 4) is 11.5 Å². The van der Waals surface area contributed by atoms with E-state index in [4.69, 9.17) is 14.5 Å². The van der Waals surface area contributed by atoms with Gasteiger partial charge >= 0.3 is 0 Å². The van der Waals surface area contributed by atoms with Gasteiger partial charge in [0.15, 0.2) is 11.5 Å². The number of ether oxygens (including phenoxy) is 2. The number of carbonyl (C=O) groups excluding carboxylic acids is 1. The number of nitrogens with one attached hydrogen (secondary N) is 1. The van der Waals surface area contributed by atoms with Crippen LogP contribution >= 0.6 is 0 Å². The van der Waals surface area contributed by atoms with Crippen molar-refractivity contribution in [2.45, 2.75) is 103 Å². The molecule has 0 saturated heterocycles. The van der Waals surface area contributed by atoms with Gasteiger partial charge < -0.3 is 19.4 Å². The molecule has 6 nitrogen and oxygen atoms in total. The Morgan fingerprint density at radius 2 is 1.46 bits per heavy atom. The summed E-state index contributed by atoms with van der Waals surface area (Å²) in [7, 11) is 3.16. The Kier molecular flexibility index (Phi) is 13.7. The average Bonchev–Trinajstić information content (AvgIpc) is 3.32. The van der Waals surface area contributed by atoms with Gasteiger partial charge in [0.05, 0.1) is 25.3 Å². The van der Waals surface area contributed by atoms with Crippen molar-refractivity contribution in [2.24, 2.45) is 0 Å². The van der Waals surface area contributed by atoms with Gasteiger partial charge in [-0.15, -0.1) is 0 Å². The largest absolute Gasteiger partial charge is 0.493 e. The fourth-order valence-electron chi connectivity index (χ4n) is 5.19. The van der Waals surface area contributed by atoms with Gasteiger partial charge in [0.1, 0.15) is 5.82 Å². The summed E-state index contributed by atoms with van der Waals surface area (Å²) in [5.41, 5.74) is 2.93. The number of imidazole rings is 1. The standard InChI is InChI=1S/C33H49N3O3/c1-4-5-6-7-8-9-10-11-12-18-25-36-29-20-16-15-19-28(29)35-32(36)21-14-13-17-24-34-33(37)27-22-23-30(38-2)31(26-27)39-3/h15-16,19-20,22-23,26H,4-14,17-18,21,24-25H2,1-3H3,(H,34,37). The van der Waals surface area contributed by atoms with E-state index in [9.17, 15) is 4.79 Å². The van der Waals surface area contributed by atoms with E-state index < -0.39 is 0 Å². The molecule has 1 N–H and O–H groups in total. The Morgan fingerprint density at radius 1 is 0.795 bits per heavy atom. The van der Waals surface area contributed by atoms with E-state index in [1.54, 1.807) is 32.4 Å². The second kappa shape index (κ2) is 17.5. The van der Waals surface area contributed by atoms with Gasteiger partial charge in [-0.3, -0.25) is 4.79 Å². The highest BCUT2D eigenvalue weighted by atomic mass is 16.5. The van der Waals surface area contributed by atoms with Gasteiger partial charge in [-0.1, -0.05) is 83.3 Å². The third-order valence-corrected chi connectivity index (χ3v) is 7.48. The number of aromatic nitrogens is 2. The smallest absolute Gasteiger partial charge is 0.251 e. The second-order valence-corrected chi connectivity index (χ2v) is 10.5. The van der Waals surface area contributed by atoms with Gasteiger partial charge in [0, 0.05) is 25.1 Å². The average molecular weight is 536 g/mol. The minimum Gasteiger partial charge on any atom is -0.493 e. The van der Waals surface area contributed by atoms with Crippen LogP contribution in [-0.4, -0.2) is 36.2 Å². The van der Waals surface area contributed by atoms with Gasteiger partial charge in [0.2, 0.25) is 0 Å². The molecule has 0 aliphatic heterocycles. The van der Waals surface area contributed by atoms with Crippen molar-refractivity contribution in [3.05, 3.63) is 53.9 Å². The molecule has 3 aromatic rings. The second-order valence-electron chi connectivity index (χ2n) is 10.5.